The highest BCUT2D eigenvalue weighted by Crippen LogP contribution is 2.40. The van der Waals surface area contributed by atoms with E-state index in [1.54, 1.807) is 24.3 Å². The molecule has 0 bridgehead atoms. The fourth-order valence-corrected chi connectivity index (χ4v) is 5.10. The van der Waals surface area contributed by atoms with Gasteiger partial charge in [-0.2, -0.15) is 0 Å². The predicted molar refractivity (Wildman–Crippen MR) is 129 cm³/mol. The third-order valence-electron chi connectivity index (χ3n) is 5.10. The molecule has 2 heterocycles. The molecular weight excluding hydrogens is 537 g/mol. The molecule has 0 amide bonds. The molecule has 1 atom stereocenters. The lowest BCUT2D eigenvalue weighted by Crippen LogP contribution is -2.09. The Labute approximate surface area is 212 Å². The molecule has 2 aromatic carbocycles. The molecule has 3 aromatic rings. The number of thioether (sulfide) groups is 1. The van der Waals surface area contributed by atoms with Crippen molar-refractivity contribution in [3.05, 3.63) is 74.6 Å². The maximum Gasteiger partial charge on any atom is 0.470 e. The first-order valence-corrected chi connectivity index (χ1v) is 13.1. The molecule has 3 N–H and O–H groups in total. The molecule has 1 aliphatic rings. The number of nitrogens with zero attached hydrogens (tertiary/aromatic N) is 5. The van der Waals surface area contributed by atoms with Crippen LogP contribution >= 0.6 is 31.2 Å². The molecule has 1 aliphatic heterocycles. The molecule has 188 valence electrons. The topological polar surface area (TPSA) is 190 Å². The van der Waals surface area contributed by atoms with Gasteiger partial charge in [-0.15, -0.1) is 10.2 Å². The number of phosphoric ester groups is 1. The average Bonchev–Trinajstić information content (AvgIpc) is 3.16. The Balaban J connectivity index is 1.94. The van der Waals surface area contributed by atoms with Crippen LogP contribution in [-0.2, 0) is 13.9 Å². The van der Waals surface area contributed by atoms with E-state index in [2.05, 4.69) is 14.7 Å². The van der Waals surface area contributed by atoms with Gasteiger partial charge in [0, 0.05) is 34.7 Å². The molecule has 0 saturated heterocycles. The highest BCUT2D eigenvalue weighted by Gasteiger charge is 2.31. The summed E-state index contributed by atoms with van der Waals surface area (Å²) in [6, 6.07) is 10.0. The molecule has 0 spiro atoms. The summed E-state index contributed by atoms with van der Waals surface area (Å²) in [6.07, 6.45) is -0.224. The van der Waals surface area contributed by atoms with Crippen LogP contribution in [0.25, 0.3) is 5.69 Å². The minimum absolute atomic E-state index is 0.0289. The van der Waals surface area contributed by atoms with Crippen molar-refractivity contribution in [3.8, 4) is 5.69 Å². The number of carboxylic acids is 1. The zero-order chi connectivity index (χ0) is 26.0. The van der Waals surface area contributed by atoms with E-state index in [1.165, 1.54) is 22.8 Å². The summed E-state index contributed by atoms with van der Waals surface area (Å²) >= 11 is 7.27. The molecule has 13 nitrogen and oxygen atoms in total. The van der Waals surface area contributed by atoms with Gasteiger partial charge in [0.05, 0.1) is 16.3 Å². The van der Waals surface area contributed by atoms with Crippen molar-refractivity contribution in [1.82, 2.24) is 14.8 Å². The fourth-order valence-electron chi connectivity index (χ4n) is 3.59. The van der Waals surface area contributed by atoms with Crippen molar-refractivity contribution in [2.75, 3.05) is 5.94 Å². The summed E-state index contributed by atoms with van der Waals surface area (Å²) < 4.78 is 17.1. The number of hydrogen-bond acceptors (Lipinski definition) is 9. The first kappa shape index (κ1) is 25.9. The lowest BCUT2D eigenvalue weighted by Gasteiger charge is -2.14. The molecule has 1 aromatic heterocycles. The Kier molecular flexibility index (Phi) is 7.54. The van der Waals surface area contributed by atoms with E-state index in [0.717, 1.165) is 11.8 Å². The summed E-state index contributed by atoms with van der Waals surface area (Å²) in [5.74, 6) is -1.28. The van der Waals surface area contributed by atoms with Gasteiger partial charge in [0.2, 0.25) is 0 Å². The van der Waals surface area contributed by atoms with Crippen LogP contribution in [0.15, 0.2) is 52.6 Å². The molecule has 4 rings (SSSR count). The SMILES string of the molecule is O=C(O)CC[C@@H]1N=C(c2ccccc2Cl)c2cc([N+](=O)[O-])ccc2-n2c(SCOP(=O)(O)O)nnc21. The van der Waals surface area contributed by atoms with Crippen molar-refractivity contribution < 1.29 is 33.7 Å². The number of halogens is 1. The summed E-state index contributed by atoms with van der Waals surface area (Å²) in [5.41, 5.74) is 1.25. The van der Waals surface area contributed by atoms with E-state index in [0.29, 0.717) is 27.5 Å². The van der Waals surface area contributed by atoms with Gasteiger partial charge in [0.25, 0.3) is 5.69 Å². The number of aliphatic imine (C=N–C) groups is 1. The number of non-ortho nitro benzene ring substituents is 1. The summed E-state index contributed by atoms with van der Waals surface area (Å²) in [4.78, 5) is 45.1. The third-order valence-corrected chi connectivity index (χ3v) is 6.83. The maximum absolute atomic E-state index is 11.6. The van der Waals surface area contributed by atoms with E-state index in [-0.39, 0.29) is 29.5 Å². The number of benzene rings is 2. The molecular formula is C20H17ClN5O8PS. The van der Waals surface area contributed by atoms with Crippen LogP contribution in [0.4, 0.5) is 5.69 Å². The number of rotatable bonds is 9. The lowest BCUT2D eigenvalue weighted by atomic mass is 9.99. The average molecular weight is 554 g/mol. The van der Waals surface area contributed by atoms with Gasteiger partial charge in [-0.25, -0.2) is 4.57 Å². The van der Waals surface area contributed by atoms with Crippen LogP contribution in [0, 0.1) is 10.1 Å². The minimum atomic E-state index is -4.75. The van der Waals surface area contributed by atoms with Gasteiger partial charge in [-0.05, 0) is 18.6 Å². The number of nitro groups is 1. The first-order chi connectivity index (χ1) is 17.0. The zero-order valence-electron chi connectivity index (χ0n) is 18.1. The largest absolute Gasteiger partial charge is 0.481 e. The predicted octanol–water partition coefficient (Wildman–Crippen LogP) is 3.74. The Bertz CT molecular complexity index is 1420. The summed E-state index contributed by atoms with van der Waals surface area (Å²) in [5, 5.41) is 29.6. The number of hydrogen-bond donors (Lipinski definition) is 3. The smallest absolute Gasteiger partial charge is 0.470 e. The molecule has 0 unspecified atom stereocenters. The maximum atomic E-state index is 11.6. The Morgan fingerprint density at radius 2 is 1.97 bits per heavy atom. The number of carbonyl (C=O) groups is 1. The van der Waals surface area contributed by atoms with E-state index in [9.17, 15) is 24.6 Å². The first-order valence-electron chi connectivity index (χ1n) is 10.2. The number of phosphoric acid groups is 1. The Morgan fingerprint density at radius 3 is 2.64 bits per heavy atom. The second-order valence-electron chi connectivity index (χ2n) is 7.42. The molecule has 0 aliphatic carbocycles. The fraction of sp³-hybridized carbons (Fsp3) is 0.200. The Morgan fingerprint density at radius 1 is 1.22 bits per heavy atom. The monoisotopic (exact) mass is 553 g/mol. The Hall–Kier alpha value is -3.13. The normalized spacial score (nSPS) is 15.0. The van der Waals surface area contributed by atoms with Crippen molar-refractivity contribution in [2.24, 2.45) is 4.99 Å². The summed E-state index contributed by atoms with van der Waals surface area (Å²) in [7, 11) is -4.75. The van der Waals surface area contributed by atoms with Gasteiger partial charge in [-0.3, -0.25) is 29.0 Å². The quantitative estimate of drug-likeness (QED) is 0.115. The molecule has 16 heteroatoms. The number of nitro benzene ring substituents is 1. The standard InChI is InChI=1S/C20H17ClN5O8PS/c21-14-4-2-1-3-12(14)18-13-9-11(26(29)30)5-7-16(13)25-19(15(22-18)6-8-17(27)28)23-24-20(25)36-10-34-35(31,32)33/h1-5,7,9,15H,6,8,10H2,(H,27,28)(H2,31,32,33)/t15-/m0/s1. The van der Waals surface area contributed by atoms with Crippen LogP contribution < -0.4 is 0 Å². The van der Waals surface area contributed by atoms with Crippen LogP contribution in [0.2, 0.25) is 5.02 Å². The highest BCUT2D eigenvalue weighted by molar-refractivity contribution is 7.99. The van der Waals surface area contributed by atoms with Crippen LogP contribution in [0.1, 0.15) is 35.8 Å². The van der Waals surface area contributed by atoms with Gasteiger partial charge in [0.1, 0.15) is 12.0 Å². The van der Waals surface area contributed by atoms with E-state index >= 15 is 0 Å². The minimum Gasteiger partial charge on any atom is -0.481 e. The number of aromatic nitrogens is 3. The van der Waals surface area contributed by atoms with Gasteiger partial charge in [0.15, 0.2) is 11.0 Å². The summed E-state index contributed by atoms with van der Waals surface area (Å²) in [6.45, 7) is 0. The second-order valence-corrected chi connectivity index (χ2v) is 9.96. The van der Waals surface area contributed by atoms with Crippen LogP contribution in [0.5, 0.6) is 0 Å². The van der Waals surface area contributed by atoms with Gasteiger partial charge in [-0.1, -0.05) is 41.6 Å². The van der Waals surface area contributed by atoms with Crippen molar-refractivity contribution in [2.45, 2.75) is 24.0 Å². The molecule has 36 heavy (non-hydrogen) atoms. The lowest BCUT2D eigenvalue weighted by molar-refractivity contribution is -0.384. The van der Waals surface area contributed by atoms with Crippen molar-refractivity contribution in [1.29, 1.82) is 0 Å². The number of carboxylic acid groups (broad SMARTS) is 1. The number of fused-ring (bicyclic) bond motifs is 3. The van der Waals surface area contributed by atoms with E-state index in [1.807, 2.05) is 0 Å². The van der Waals surface area contributed by atoms with Crippen LogP contribution in [0.3, 0.4) is 0 Å². The number of aliphatic carboxylic acids is 1. The molecule has 0 fully saturated rings. The molecule has 0 radical (unpaired) electrons. The zero-order valence-corrected chi connectivity index (χ0v) is 20.6. The van der Waals surface area contributed by atoms with Crippen LogP contribution in [-0.4, -0.2) is 52.2 Å². The van der Waals surface area contributed by atoms with Crippen molar-refractivity contribution in [3.63, 3.8) is 0 Å². The van der Waals surface area contributed by atoms with Gasteiger partial charge >= 0.3 is 13.8 Å². The van der Waals surface area contributed by atoms with Crippen molar-refractivity contribution >= 4 is 48.6 Å². The van der Waals surface area contributed by atoms with Gasteiger partial charge < -0.3 is 14.9 Å². The third kappa shape index (κ3) is 5.64. The second kappa shape index (κ2) is 10.5. The molecule has 0 saturated carbocycles. The van der Waals surface area contributed by atoms with E-state index < -0.39 is 30.7 Å². The van der Waals surface area contributed by atoms with E-state index in [4.69, 9.17) is 26.4 Å². The highest BCUT2D eigenvalue weighted by atomic mass is 35.5.